The minimum atomic E-state index is -0.652. The smallest absolute Gasteiger partial charge is 0.261 e. The molecule has 7 heteroatoms. The quantitative estimate of drug-likeness (QED) is 0.378. The average molecular weight is 520 g/mol. The summed E-state index contributed by atoms with van der Waals surface area (Å²) in [7, 11) is 0. The van der Waals surface area contributed by atoms with E-state index in [-0.39, 0.29) is 36.9 Å². The largest absolute Gasteiger partial charge is 0.483 e. The van der Waals surface area contributed by atoms with Gasteiger partial charge in [-0.25, -0.2) is 0 Å². The van der Waals surface area contributed by atoms with Crippen LogP contribution in [0.15, 0.2) is 42.5 Å². The van der Waals surface area contributed by atoms with Gasteiger partial charge >= 0.3 is 0 Å². The maximum atomic E-state index is 13.6. The second-order valence-electron chi connectivity index (χ2n) is 9.47. The molecule has 3 rings (SSSR count). The first-order chi connectivity index (χ1) is 16.8. The van der Waals surface area contributed by atoms with Crippen molar-refractivity contribution in [1.29, 1.82) is 0 Å². The zero-order valence-electron chi connectivity index (χ0n) is 20.9. The Labute approximate surface area is 219 Å². The van der Waals surface area contributed by atoms with Gasteiger partial charge in [-0.1, -0.05) is 87.5 Å². The Morgan fingerprint density at radius 3 is 2.31 bits per heavy atom. The molecule has 0 unspecified atom stereocenters. The molecular weight excluding hydrogens is 483 g/mol. The zero-order chi connectivity index (χ0) is 25.4. The topological polar surface area (TPSA) is 58.6 Å². The van der Waals surface area contributed by atoms with E-state index in [1.807, 2.05) is 31.2 Å². The van der Waals surface area contributed by atoms with E-state index in [1.54, 1.807) is 23.1 Å². The number of benzene rings is 2. The predicted octanol–water partition coefficient (Wildman–Crippen LogP) is 6.75. The predicted molar refractivity (Wildman–Crippen MR) is 142 cm³/mol. The van der Waals surface area contributed by atoms with E-state index in [0.717, 1.165) is 31.2 Å². The molecule has 0 spiro atoms. The van der Waals surface area contributed by atoms with Crippen molar-refractivity contribution < 1.29 is 14.3 Å². The first-order valence-electron chi connectivity index (χ1n) is 12.6. The number of ether oxygens (including phenoxy) is 1. The number of carbonyl (C=O) groups excluding carboxylic acids is 2. The lowest BCUT2D eigenvalue weighted by atomic mass is 9.95. The van der Waals surface area contributed by atoms with Crippen molar-refractivity contribution in [2.75, 3.05) is 6.61 Å². The van der Waals surface area contributed by atoms with Crippen molar-refractivity contribution in [1.82, 2.24) is 10.2 Å². The molecule has 2 aromatic carbocycles. The highest BCUT2D eigenvalue weighted by Gasteiger charge is 2.31. The van der Waals surface area contributed by atoms with Crippen LogP contribution in [0, 0.1) is 0 Å². The molecule has 1 N–H and O–H groups in total. The highest BCUT2D eigenvalue weighted by Crippen LogP contribution is 2.29. The number of nitrogens with zero attached hydrogens (tertiary/aromatic N) is 1. The Hall–Kier alpha value is -2.24. The SMILES string of the molecule is CC[C@@H](C(=O)NC1CCCCC1)N(Cc1c(Cl)cccc1Cl)C(=O)COc1ccccc1C(C)C. The van der Waals surface area contributed by atoms with Crippen molar-refractivity contribution in [2.45, 2.75) is 83.8 Å². The number of nitrogens with one attached hydrogen (secondary N) is 1. The minimum Gasteiger partial charge on any atom is -0.483 e. The number of halogens is 2. The summed E-state index contributed by atoms with van der Waals surface area (Å²) in [5.41, 5.74) is 1.65. The molecule has 35 heavy (non-hydrogen) atoms. The summed E-state index contributed by atoms with van der Waals surface area (Å²) in [5.74, 6) is 0.499. The van der Waals surface area contributed by atoms with Crippen LogP contribution < -0.4 is 10.1 Å². The Kier molecular flexibility index (Phi) is 10.3. The molecule has 0 saturated heterocycles. The molecule has 0 bridgehead atoms. The molecule has 0 aliphatic heterocycles. The van der Waals surface area contributed by atoms with E-state index in [2.05, 4.69) is 19.2 Å². The summed E-state index contributed by atoms with van der Waals surface area (Å²) in [6, 6.07) is 12.5. The zero-order valence-corrected chi connectivity index (χ0v) is 22.4. The van der Waals surface area contributed by atoms with Gasteiger partial charge in [-0.3, -0.25) is 9.59 Å². The van der Waals surface area contributed by atoms with Crippen LogP contribution >= 0.6 is 23.2 Å². The van der Waals surface area contributed by atoms with Crippen LogP contribution in [0.3, 0.4) is 0 Å². The van der Waals surface area contributed by atoms with Crippen molar-refractivity contribution in [3.05, 3.63) is 63.6 Å². The number of para-hydroxylation sites is 1. The molecule has 1 atom stereocenters. The highest BCUT2D eigenvalue weighted by molar-refractivity contribution is 6.36. The molecule has 2 aromatic rings. The lowest BCUT2D eigenvalue weighted by Crippen LogP contribution is -2.52. The molecule has 1 aliphatic rings. The van der Waals surface area contributed by atoms with Gasteiger partial charge < -0.3 is 15.0 Å². The summed E-state index contributed by atoms with van der Waals surface area (Å²) in [6.45, 7) is 6.02. The van der Waals surface area contributed by atoms with Crippen LogP contribution in [0.5, 0.6) is 5.75 Å². The van der Waals surface area contributed by atoms with Gasteiger partial charge in [0.2, 0.25) is 5.91 Å². The molecule has 0 aromatic heterocycles. The maximum Gasteiger partial charge on any atom is 0.261 e. The monoisotopic (exact) mass is 518 g/mol. The van der Waals surface area contributed by atoms with E-state index in [1.165, 1.54) is 6.42 Å². The van der Waals surface area contributed by atoms with Crippen LogP contribution in [-0.4, -0.2) is 35.4 Å². The Balaban J connectivity index is 1.83. The van der Waals surface area contributed by atoms with Gasteiger partial charge in [-0.2, -0.15) is 0 Å². The third kappa shape index (κ3) is 7.37. The fourth-order valence-electron chi connectivity index (χ4n) is 4.63. The van der Waals surface area contributed by atoms with Crippen LogP contribution in [0.25, 0.3) is 0 Å². The third-order valence-corrected chi connectivity index (χ3v) is 7.33. The summed E-state index contributed by atoms with van der Waals surface area (Å²) >= 11 is 12.9. The standard InChI is InChI=1S/C28H36Cl2N2O3/c1-4-25(28(34)31-20-11-6-5-7-12-20)32(17-22-23(29)14-10-15-24(22)30)27(33)18-35-26-16-9-8-13-21(26)19(2)3/h8-10,13-16,19-20,25H,4-7,11-12,17-18H2,1-3H3,(H,31,34)/t25-/m0/s1. The van der Waals surface area contributed by atoms with Gasteiger partial charge in [-0.05, 0) is 48.9 Å². The van der Waals surface area contributed by atoms with Gasteiger partial charge in [0.15, 0.2) is 6.61 Å². The fourth-order valence-corrected chi connectivity index (χ4v) is 5.15. The van der Waals surface area contributed by atoms with E-state index in [4.69, 9.17) is 27.9 Å². The van der Waals surface area contributed by atoms with E-state index in [9.17, 15) is 9.59 Å². The average Bonchev–Trinajstić information content (AvgIpc) is 2.85. The van der Waals surface area contributed by atoms with Crippen LogP contribution in [0.2, 0.25) is 10.0 Å². The summed E-state index contributed by atoms with van der Waals surface area (Å²) in [4.78, 5) is 28.5. The van der Waals surface area contributed by atoms with Gasteiger partial charge in [0.25, 0.3) is 5.91 Å². The fraction of sp³-hybridized carbons (Fsp3) is 0.500. The molecule has 1 fully saturated rings. The molecular formula is C28H36Cl2N2O3. The molecule has 2 amide bonds. The van der Waals surface area contributed by atoms with Crippen LogP contribution in [0.4, 0.5) is 0 Å². The van der Waals surface area contributed by atoms with Crippen molar-refractivity contribution in [2.24, 2.45) is 0 Å². The van der Waals surface area contributed by atoms with Gasteiger partial charge in [-0.15, -0.1) is 0 Å². The maximum absolute atomic E-state index is 13.6. The van der Waals surface area contributed by atoms with Crippen molar-refractivity contribution >= 4 is 35.0 Å². The van der Waals surface area contributed by atoms with Crippen LogP contribution in [0.1, 0.15) is 76.3 Å². The second-order valence-corrected chi connectivity index (χ2v) is 10.3. The van der Waals surface area contributed by atoms with Crippen molar-refractivity contribution in [3.63, 3.8) is 0 Å². The second kappa shape index (κ2) is 13.2. The summed E-state index contributed by atoms with van der Waals surface area (Å²) in [5, 5.41) is 4.10. The first kappa shape index (κ1) is 27.3. The van der Waals surface area contributed by atoms with Crippen LogP contribution in [-0.2, 0) is 16.1 Å². The number of hydrogen-bond acceptors (Lipinski definition) is 3. The van der Waals surface area contributed by atoms with Gasteiger partial charge in [0.1, 0.15) is 11.8 Å². The number of amides is 2. The van der Waals surface area contributed by atoms with E-state index >= 15 is 0 Å². The van der Waals surface area contributed by atoms with Gasteiger partial charge in [0, 0.05) is 28.2 Å². The number of carbonyl (C=O) groups is 2. The molecule has 1 saturated carbocycles. The molecule has 190 valence electrons. The Morgan fingerprint density at radius 2 is 1.69 bits per heavy atom. The Bertz CT molecular complexity index is 985. The normalized spacial score (nSPS) is 15.0. The molecule has 0 radical (unpaired) electrons. The van der Waals surface area contributed by atoms with E-state index < -0.39 is 6.04 Å². The summed E-state index contributed by atoms with van der Waals surface area (Å²) < 4.78 is 5.97. The first-order valence-corrected chi connectivity index (χ1v) is 13.3. The molecule has 5 nitrogen and oxygen atoms in total. The number of rotatable bonds is 10. The lowest BCUT2D eigenvalue weighted by molar-refractivity contribution is -0.143. The van der Waals surface area contributed by atoms with Crippen molar-refractivity contribution in [3.8, 4) is 5.75 Å². The Morgan fingerprint density at radius 1 is 1.03 bits per heavy atom. The highest BCUT2D eigenvalue weighted by atomic mass is 35.5. The minimum absolute atomic E-state index is 0.128. The molecule has 1 aliphatic carbocycles. The third-order valence-electron chi connectivity index (χ3n) is 6.62. The van der Waals surface area contributed by atoms with E-state index in [0.29, 0.717) is 27.8 Å². The van der Waals surface area contributed by atoms with Gasteiger partial charge in [0.05, 0.1) is 0 Å². The number of hydrogen-bond donors (Lipinski definition) is 1. The lowest BCUT2D eigenvalue weighted by Gasteiger charge is -2.33. The molecule has 0 heterocycles. The summed E-state index contributed by atoms with van der Waals surface area (Å²) in [6.07, 6.45) is 5.85.